The van der Waals surface area contributed by atoms with Crippen LogP contribution in [0.5, 0.6) is 5.75 Å². The molecule has 2 N–H and O–H groups in total. The summed E-state index contributed by atoms with van der Waals surface area (Å²) in [5, 5.41) is 19.4. The van der Waals surface area contributed by atoms with Crippen molar-refractivity contribution in [1.82, 2.24) is 9.97 Å². The van der Waals surface area contributed by atoms with Crippen molar-refractivity contribution in [2.24, 2.45) is 0 Å². The van der Waals surface area contributed by atoms with Crippen molar-refractivity contribution in [2.45, 2.75) is 5.16 Å². The molecule has 3 rings (SSSR count). The molecule has 0 spiro atoms. The molecule has 6 heteroatoms. The van der Waals surface area contributed by atoms with Gasteiger partial charge in [0.15, 0.2) is 5.16 Å². The zero-order valence-corrected chi connectivity index (χ0v) is 13.6. The molecule has 1 aromatic heterocycles. The van der Waals surface area contributed by atoms with E-state index in [4.69, 9.17) is 0 Å². The first-order chi connectivity index (χ1) is 11.6. The maximum absolute atomic E-state index is 12.1. The maximum atomic E-state index is 12.1. The third kappa shape index (κ3) is 3.03. The van der Waals surface area contributed by atoms with Crippen molar-refractivity contribution in [3.8, 4) is 34.2 Å². The number of phenols is 1. The molecule has 0 aliphatic carbocycles. The molecule has 0 radical (unpaired) electrons. The largest absolute Gasteiger partial charge is 0.508 e. The third-order valence-corrected chi connectivity index (χ3v) is 4.10. The Labute approximate surface area is 142 Å². The molecule has 0 unspecified atom stereocenters. The summed E-state index contributed by atoms with van der Waals surface area (Å²) in [6.45, 7) is 0. The van der Waals surface area contributed by atoms with E-state index in [2.05, 4.69) is 9.97 Å². The summed E-state index contributed by atoms with van der Waals surface area (Å²) in [4.78, 5) is 19.0. The summed E-state index contributed by atoms with van der Waals surface area (Å²) in [6.07, 6.45) is 1.80. The molecule has 3 aromatic rings. The smallest absolute Gasteiger partial charge is 0.270 e. The van der Waals surface area contributed by atoms with Gasteiger partial charge in [0.25, 0.3) is 5.56 Å². The van der Waals surface area contributed by atoms with E-state index in [0.29, 0.717) is 16.4 Å². The minimum atomic E-state index is -0.449. The summed E-state index contributed by atoms with van der Waals surface area (Å²) in [7, 11) is 0. The van der Waals surface area contributed by atoms with Crippen LogP contribution in [0.15, 0.2) is 58.5 Å². The van der Waals surface area contributed by atoms with Crippen molar-refractivity contribution in [2.75, 3.05) is 6.26 Å². The fourth-order valence-electron chi connectivity index (χ4n) is 2.39. The van der Waals surface area contributed by atoms with Crippen molar-refractivity contribution in [3.63, 3.8) is 0 Å². The van der Waals surface area contributed by atoms with Gasteiger partial charge < -0.3 is 10.1 Å². The molecule has 118 valence electrons. The van der Waals surface area contributed by atoms with Crippen molar-refractivity contribution < 1.29 is 5.11 Å². The molecule has 0 saturated carbocycles. The Bertz CT molecular complexity index is 1010. The number of nitrogens with one attached hydrogen (secondary N) is 1. The maximum Gasteiger partial charge on any atom is 0.270 e. The van der Waals surface area contributed by atoms with Crippen molar-refractivity contribution >= 4 is 11.8 Å². The number of nitrogens with zero attached hydrogens (tertiary/aromatic N) is 2. The van der Waals surface area contributed by atoms with Gasteiger partial charge in [-0.15, -0.1) is 0 Å². The molecule has 5 nitrogen and oxygen atoms in total. The van der Waals surface area contributed by atoms with Gasteiger partial charge in [0.1, 0.15) is 17.4 Å². The van der Waals surface area contributed by atoms with Gasteiger partial charge in [-0.05, 0) is 35.6 Å². The Hall–Kier alpha value is -3.04. The topological polar surface area (TPSA) is 89.8 Å². The minimum absolute atomic E-state index is 0.0131. The van der Waals surface area contributed by atoms with Gasteiger partial charge in [-0.3, -0.25) is 4.79 Å². The molecule has 0 amide bonds. The van der Waals surface area contributed by atoms with Crippen LogP contribution >= 0.6 is 11.8 Å². The van der Waals surface area contributed by atoms with Gasteiger partial charge in [-0.2, -0.15) is 5.26 Å². The standard InChI is InChI=1S/C18H13N3O2S/c1-24-18-20-16(15(10-19)17(23)21-18)13-6-2-4-11(8-13)12-5-3-7-14(22)9-12/h2-9,22H,1H3,(H,20,21,23). The van der Waals surface area contributed by atoms with Crippen molar-refractivity contribution in [1.29, 1.82) is 5.26 Å². The fourth-order valence-corrected chi connectivity index (χ4v) is 2.77. The zero-order valence-electron chi connectivity index (χ0n) is 12.8. The van der Waals surface area contributed by atoms with Gasteiger partial charge in [-0.1, -0.05) is 42.1 Å². The minimum Gasteiger partial charge on any atom is -0.508 e. The molecule has 0 bridgehead atoms. The second-order valence-corrected chi connectivity index (χ2v) is 5.84. The van der Waals surface area contributed by atoms with E-state index in [1.54, 1.807) is 30.5 Å². The van der Waals surface area contributed by atoms with Crippen LogP contribution in [0.4, 0.5) is 0 Å². The predicted octanol–water partition coefficient (Wildman–Crippen LogP) is 3.40. The number of H-pyrrole nitrogens is 1. The number of rotatable bonds is 3. The zero-order chi connectivity index (χ0) is 17.1. The number of benzene rings is 2. The average molecular weight is 335 g/mol. The summed E-state index contributed by atoms with van der Waals surface area (Å²) < 4.78 is 0. The number of nitriles is 1. The number of aromatic amines is 1. The first-order valence-electron chi connectivity index (χ1n) is 7.10. The molecule has 0 aliphatic heterocycles. The second kappa shape index (κ2) is 6.60. The highest BCUT2D eigenvalue weighted by Crippen LogP contribution is 2.28. The molecular weight excluding hydrogens is 322 g/mol. The molecule has 1 heterocycles. The quantitative estimate of drug-likeness (QED) is 0.565. The summed E-state index contributed by atoms with van der Waals surface area (Å²) in [5.74, 6) is 0.176. The number of hydrogen-bond donors (Lipinski definition) is 2. The third-order valence-electron chi connectivity index (χ3n) is 3.52. The van der Waals surface area contributed by atoms with E-state index in [9.17, 15) is 15.2 Å². The molecule has 0 aliphatic rings. The monoisotopic (exact) mass is 335 g/mol. The van der Waals surface area contributed by atoms with E-state index in [0.717, 1.165) is 11.1 Å². The molecule has 0 saturated heterocycles. The number of hydrogen-bond acceptors (Lipinski definition) is 5. The molecule has 0 fully saturated rings. The van der Waals surface area contributed by atoms with Gasteiger partial charge in [0, 0.05) is 5.56 Å². The van der Waals surface area contributed by atoms with Crippen LogP contribution in [0.25, 0.3) is 22.4 Å². The lowest BCUT2D eigenvalue weighted by Crippen LogP contribution is -2.14. The van der Waals surface area contributed by atoms with Crippen LogP contribution in [-0.4, -0.2) is 21.3 Å². The van der Waals surface area contributed by atoms with E-state index in [1.807, 2.05) is 30.3 Å². The first kappa shape index (κ1) is 15.8. The van der Waals surface area contributed by atoms with E-state index in [1.165, 1.54) is 11.8 Å². The van der Waals surface area contributed by atoms with Gasteiger partial charge in [-0.25, -0.2) is 4.98 Å². The number of aromatic nitrogens is 2. The molecular formula is C18H13N3O2S. The summed E-state index contributed by atoms with van der Waals surface area (Å²) >= 11 is 1.30. The normalized spacial score (nSPS) is 10.3. The number of phenolic OH excluding ortho intramolecular Hbond substituents is 1. The van der Waals surface area contributed by atoms with Crippen LogP contribution < -0.4 is 5.56 Å². The average Bonchev–Trinajstić information content (AvgIpc) is 2.61. The highest BCUT2D eigenvalue weighted by Gasteiger charge is 2.13. The molecule has 24 heavy (non-hydrogen) atoms. The SMILES string of the molecule is CSc1nc(-c2cccc(-c3cccc(O)c3)c2)c(C#N)c(=O)[nH]1. The summed E-state index contributed by atoms with van der Waals surface area (Å²) in [6, 6.07) is 16.2. The Balaban J connectivity index is 2.18. The van der Waals surface area contributed by atoms with E-state index < -0.39 is 5.56 Å². The first-order valence-corrected chi connectivity index (χ1v) is 8.33. The Morgan fingerprint density at radius 3 is 2.46 bits per heavy atom. The second-order valence-electron chi connectivity index (χ2n) is 5.04. The summed E-state index contributed by atoms with van der Waals surface area (Å²) in [5.41, 5.74) is 2.27. The lowest BCUT2D eigenvalue weighted by molar-refractivity contribution is 0.475. The van der Waals surface area contributed by atoms with Crippen LogP contribution in [0.2, 0.25) is 0 Å². The number of aromatic hydroxyl groups is 1. The van der Waals surface area contributed by atoms with Crippen LogP contribution in [0, 0.1) is 11.3 Å². The lowest BCUT2D eigenvalue weighted by Gasteiger charge is -2.08. The van der Waals surface area contributed by atoms with Crippen LogP contribution in [0.3, 0.4) is 0 Å². The highest BCUT2D eigenvalue weighted by atomic mass is 32.2. The lowest BCUT2D eigenvalue weighted by atomic mass is 10.00. The highest BCUT2D eigenvalue weighted by molar-refractivity contribution is 7.98. The Kier molecular flexibility index (Phi) is 4.36. The van der Waals surface area contributed by atoms with Crippen molar-refractivity contribution in [3.05, 3.63) is 64.4 Å². The number of thioether (sulfide) groups is 1. The Morgan fingerprint density at radius 2 is 1.79 bits per heavy atom. The van der Waals surface area contributed by atoms with E-state index in [-0.39, 0.29) is 11.3 Å². The van der Waals surface area contributed by atoms with Gasteiger partial charge >= 0.3 is 0 Å². The van der Waals surface area contributed by atoms with Crippen LogP contribution in [0.1, 0.15) is 5.56 Å². The van der Waals surface area contributed by atoms with E-state index >= 15 is 0 Å². The fraction of sp³-hybridized carbons (Fsp3) is 0.0556. The Morgan fingerprint density at radius 1 is 1.12 bits per heavy atom. The van der Waals surface area contributed by atoms with Gasteiger partial charge in [0.2, 0.25) is 0 Å². The van der Waals surface area contributed by atoms with Crippen LogP contribution in [-0.2, 0) is 0 Å². The van der Waals surface area contributed by atoms with Gasteiger partial charge in [0.05, 0.1) is 5.69 Å². The predicted molar refractivity (Wildman–Crippen MR) is 93.9 cm³/mol. The molecule has 2 aromatic carbocycles. The molecule has 0 atom stereocenters.